The highest BCUT2D eigenvalue weighted by molar-refractivity contribution is 7.90. The Kier molecular flexibility index (Phi) is 4.32. The molecule has 0 atom stereocenters. The Morgan fingerprint density at radius 2 is 1.77 bits per heavy atom. The second-order valence-corrected chi connectivity index (χ2v) is 7.74. The van der Waals surface area contributed by atoms with E-state index >= 15 is 0 Å². The van der Waals surface area contributed by atoms with Crippen LogP contribution in [0.25, 0.3) is 0 Å². The number of benzene rings is 2. The van der Waals surface area contributed by atoms with Crippen molar-refractivity contribution in [1.82, 2.24) is 0 Å². The lowest BCUT2D eigenvalue weighted by atomic mass is 10.1. The molecule has 0 radical (unpaired) electrons. The van der Waals surface area contributed by atoms with E-state index in [1.807, 2.05) is 0 Å². The van der Waals surface area contributed by atoms with E-state index in [1.54, 1.807) is 24.3 Å². The van der Waals surface area contributed by atoms with Gasteiger partial charge in [0.05, 0.1) is 17.3 Å². The molecule has 2 aromatic carbocycles. The molecule has 0 saturated heterocycles. The van der Waals surface area contributed by atoms with Gasteiger partial charge in [0, 0.05) is 21.2 Å². The Morgan fingerprint density at radius 3 is 2.50 bits per heavy atom. The SMILES string of the molecule is O=S(=O)(Cc1cc(Cl)cc2c1OCOC2)c1ccc(Cl)cc1. The quantitative estimate of drug-likeness (QED) is 0.836. The second-order valence-electron chi connectivity index (χ2n) is 4.88. The lowest BCUT2D eigenvalue weighted by molar-refractivity contribution is -0.0169. The van der Waals surface area contributed by atoms with Gasteiger partial charge in [0.1, 0.15) is 5.75 Å². The van der Waals surface area contributed by atoms with Crippen LogP contribution in [0, 0.1) is 0 Å². The standard InChI is InChI=1S/C15H12Cl2O4S/c16-12-1-3-14(4-2-12)22(18,19)8-11-6-13(17)5-10-7-20-9-21-15(10)11/h1-6H,7-9H2. The number of halogens is 2. The summed E-state index contributed by atoms with van der Waals surface area (Å²) in [6, 6.07) is 9.39. The van der Waals surface area contributed by atoms with Gasteiger partial charge in [-0.1, -0.05) is 23.2 Å². The van der Waals surface area contributed by atoms with Crippen LogP contribution in [0.2, 0.25) is 10.0 Å². The first-order valence-electron chi connectivity index (χ1n) is 6.46. The highest BCUT2D eigenvalue weighted by Crippen LogP contribution is 2.33. The van der Waals surface area contributed by atoms with Gasteiger partial charge in [-0.2, -0.15) is 0 Å². The Balaban J connectivity index is 1.99. The number of ether oxygens (including phenoxy) is 2. The van der Waals surface area contributed by atoms with Crippen molar-refractivity contribution in [2.45, 2.75) is 17.3 Å². The van der Waals surface area contributed by atoms with Gasteiger partial charge in [-0.25, -0.2) is 8.42 Å². The van der Waals surface area contributed by atoms with E-state index in [2.05, 4.69) is 0 Å². The Bertz CT molecular complexity index is 801. The fourth-order valence-electron chi connectivity index (χ4n) is 2.29. The Morgan fingerprint density at radius 1 is 1.05 bits per heavy atom. The molecule has 1 heterocycles. The third-order valence-corrected chi connectivity index (χ3v) is 5.42. The van der Waals surface area contributed by atoms with Gasteiger partial charge in [0.25, 0.3) is 0 Å². The molecule has 0 saturated carbocycles. The van der Waals surface area contributed by atoms with Crippen LogP contribution in [-0.4, -0.2) is 15.2 Å². The normalized spacial score (nSPS) is 14.3. The summed E-state index contributed by atoms with van der Waals surface area (Å²) in [6.45, 7) is 0.451. The molecule has 7 heteroatoms. The summed E-state index contributed by atoms with van der Waals surface area (Å²) < 4.78 is 35.7. The molecule has 0 aliphatic carbocycles. The Labute approximate surface area is 138 Å². The van der Waals surface area contributed by atoms with Gasteiger partial charge in [-0.05, 0) is 36.4 Å². The zero-order valence-electron chi connectivity index (χ0n) is 11.4. The number of rotatable bonds is 3. The van der Waals surface area contributed by atoms with Crippen LogP contribution in [0.15, 0.2) is 41.3 Å². The third kappa shape index (κ3) is 3.22. The average Bonchev–Trinajstić information content (AvgIpc) is 2.47. The first kappa shape index (κ1) is 15.6. The maximum atomic E-state index is 12.5. The molecule has 4 nitrogen and oxygen atoms in total. The number of hydrogen-bond donors (Lipinski definition) is 0. The molecule has 22 heavy (non-hydrogen) atoms. The van der Waals surface area contributed by atoms with Crippen LogP contribution in [0.4, 0.5) is 0 Å². The van der Waals surface area contributed by atoms with Crippen LogP contribution in [0.3, 0.4) is 0 Å². The topological polar surface area (TPSA) is 52.6 Å². The van der Waals surface area contributed by atoms with Crippen molar-refractivity contribution in [1.29, 1.82) is 0 Å². The van der Waals surface area contributed by atoms with Crippen molar-refractivity contribution in [3.63, 3.8) is 0 Å². The largest absolute Gasteiger partial charge is 0.467 e. The molecule has 116 valence electrons. The first-order chi connectivity index (χ1) is 10.5. The predicted octanol–water partition coefficient (Wildman–Crippen LogP) is 3.83. The highest BCUT2D eigenvalue weighted by atomic mass is 35.5. The second kappa shape index (κ2) is 6.08. The van der Waals surface area contributed by atoms with Crippen molar-refractivity contribution >= 4 is 33.0 Å². The van der Waals surface area contributed by atoms with E-state index in [0.717, 1.165) is 5.56 Å². The van der Waals surface area contributed by atoms with E-state index < -0.39 is 9.84 Å². The van der Waals surface area contributed by atoms with Crippen molar-refractivity contribution in [2.75, 3.05) is 6.79 Å². The minimum atomic E-state index is -3.52. The van der Waals surface area contributed by atoms with Gasteiger partial charge < -0.3 is 9.47 Å². The van der Waals surface area contributed by atoms with Crippen LogP contribution in [-0.2, 0) is 26.9 Å². The van der Waals surface area contributed by atoms with Crippen molar-refractivity contribution < 1.29 is 17.9 Å². The molecular weight excluding hydrogens is 347 g/mol. The molecule has 2 aromatic rings. The molecule has 1 aliphatic rings. The van der Waals surface area contributed by atoms with E-state index in [0.29, 0.717) is 28.0 Å². The zero-order chi connectivity index (χ0) is 15.7. The monoisotopic (exact) mass is 358 g/mol. The van der Waals surface area contributed by atoms with Crippen LogP contribution in [0.1, 0.15) is 11.1 Å². The lowest BCUT2D eigenvalue weighted by Gasteiger charge is -2.21. The molecule has 0 aromatic heterocycles. The molecule has 0 bridgehead atoms. The molecule has 0 spiro atoms. The summed E-state index contributed by atoms with van der Waals surface area (Å²) in [5, 5.41) is 0.939. The van der Waals surface area contributed by atoms with Crippen molar-refractivity contribution in [3.8, 4) is 5.75 Å². The minimum absolute atomic E-state index is 0.0998. The summed E-state index contributed by atoms with van der Waals surface area (Å²) in [5.41, 5.74) is 1.28. The fourth-order valence-corrected chi connectivity index (χ4v) is 4.02. The molecule has 3 rings (SSSR count). The summed E-state index contributed by atoms with van der Waals surface area (Å²) in [4.78, 5) is 0.206. The summed E-state index contributed by atoms with van der Waals surface area (Å²) >= 11 is 11.8. The van der Waals surface area contributed by atoms with Crippen molar-refractivity contribution in [3.05, 3.63) is 57.6 Å². The van der Waals surface area contributed by atoms with Crippen molar-refractivity contribution in [2.24, 2.45) is 0 Å². The molecule has 1 aliphatic heterocycles. The van der Waals surface area contributed by atoms with Gasteiger partial charge in [0.15, 0.2) is 16.6 Å². The minimum Gasteiger partial charge on any atom is -0.467 e. The van der Waals surface area contributed by atoms with E-state index in [-0.39, 0.29) is 17.4 Å². The van der Waals surface area contributed by atoms with Gasteiger partial charge in [0.2, 0.25) is 0 Å². The fraction of sp³-hybridized carbons (Fsp3) is 0.200. The smallest absolute Gasteiger partial charge is 0.189 e. The average molecular weight is 359 g/mol. The van der Waals surface area contributed by atoms with Gasteiger partial charge in [-0.3, -0.25) is 0 Å². The molecular formula is C15H12Cl2O4S. The third-order valence-electron chi connectivity index (χ3n) is 3.27. The van der Waals surface area contributed by atoms with Gasteiger partial charge in [-0.15, -0.1) is 0 Å². The molecule has 0 N–H and O–H groups in total. The summed E-state index contributed by atoms with van der Waals surface area (Å²) in [7, 11) is -3.52. The summed E-state index contributed by atoms with van der Waals surface area (Å²) in [5.74, 6) is 0.338. The van der Waals surface area contributed by atoms with E-state index in [1.165, 1.54) is 12.1 Å². The highest BCUT2D eigenvalue weighted by Gasteiger charge is 2.22. The Hall–Kier alpha value is -1.27. The number of hydrogen-bond acceptors (Lipinski definition) is 4. The van der Waals surface area contributed by atoms with Crippen LogP contribution in [0.5, 0.6) is 5.75 Å². The first-order valence-corrected chi connectivity index (χ1v) is 8.87. The van der Waals surface area contributed by atoms with Gasteiger partial charge >= 0.3 is 0 Å². The molecule has 0 fully saturated rings. The van der Waals surface area contributed by atoms with Crippen LogP contribution >= 0.6 is 23.2 Å². The summed E-state index contributed by atoms with van der Waals surface area (Å²) in [6.07, 6.45) is 0. The molecule has 0 unspecified atom stereocenters. The predicted molar refractivity (Wildman–Crippen MR) is 84.1 cm³/mol. The number of sulfone groups is 1. The maximum Gasteiger partial charge on any atom is 0.189 e. The van der Waals surface area contributed by atoms with E-state index in [9.17, 15) is 8.42 Å². The zero-order valence-corrected chi connectivity index (χ0v) is 13.7. The lowest BCUT2D eigenvalue weighted by Crippen LogP contribution is -2.15. The number of fused-ring (bicyclic) bond motifs is 1. The van der Waals surface area contributed by atoms with Crippen LogP contribution < -0.4 is 4.74 Å². The van der Waals surface area contributed by atoms with E-state index in [4.69, 9.17) is 32.7 Å². The molecule has 0 amide bonds. The maximum absolute atomic E-state index is 12.5.